The molecule has 4 nitrogen and oxygen atoms in total. The van der Waals surface area contributed by atoms with Crippen LogP contribution in [-0.4, -0.2) is 36.8 Å². The third-order valence-corrected chi connectivity index (χ3v) is 2.64. The number of rotatable bonds is 9. The molecule has 0 saturated heterocycles. The van der Waals surface area contributed by atoms with Crippen molar-refractivity contribution in [2.24, 2.45) is 5.73 Å². The zero-order valence-electron chi connectivity index (χ0n) is 8.33. The Morgan fingerprint density at radius 3 is 2.86 bits per heavy atom. The summed E-state index contributed by atoms with van der Waals surface area (Å²) in [5, 5.41) is 2.71. The molecule has 0 aromatic rings. The molecule has 14 heavy (non-hydrogen) atoms. The van der Waals surface area contributed by atoms with E-state index in [0.717, 1.165) is 24.2 Å². The van der Waals surface area contributed by atoms with Gasteiger partial charge in [0.2, 0.25) is 5.91 Å². The van der Waals surface area contributed by atoms with Crippen molar-refractivity contribution in [2.45, 2.75) is 19.3 Å². The number of aldehydes is 1. The number of carbonyl (C=O) groups excluding carboxylic acids is 2. The molecule has 0 aliphatic rings. The molecule has 0 saturated carbocycles. The molecule has 0 aromatic carbocycles. The first-order chi connectivity index (χ1) is 6.81. The Morgan fingerprint density at radius 2 is 2.21 bits per heavy atom. The second-order valence-corrected chi connectivity index (χ2v) is 4.03. The van der Waals surface area contributed by atoms with E-state index in [4.69, 9.17) is 5.73 Å². The second-order valence-electron chi connectivity index (χ2n) is 2.81. The summed E-state index contributed by atoms with van der Waals surface area (Å²) in [4.78, 5) is 21.0. The maximum Gasteiger partial charge on any atom is 0.220 e. The number of thioether (sulfide) groups is 1. The van der Waals surface area contributed by atoms with Gasteiger partial charge < -0.3 is 15.8 Å². The maximum atomic E-state index is 11.1. The zero-order valence-corrected chi connectivity index (χ0v) is 9.15. The van der Waals surface area contributed by atoms with E-state index in [0.29, 0.717) is 25.9 Å². The first-order valence-electron chi connectivity index (χ1n) is 4.79. The first-order valence-corrected chi connectivity index (χ1v) is 5.95. The molecule has 0 radical (unpaired) electrons. The van der Waals surface area contributed by atoms with Gasteiger partial charge >= 0.3 is 0 Å². The molecular formula is C9H18N2O2S. The Kier molecular flexibility index (Phi) is 10.1. The highest BCUT2D eigenvalue weighted by molar-refractivity contribution is 7.99. The SMILES string of the molecule is NCCNC(=O)CCCSCCC=O. The van der Waals surface area contributed by atoms with Gasteiger partial charge in [-0.1, -0.05) is 0 Å². The molecule has 0 atom stereocenters. The number of hydrogen-bond donors (Lipinski definition) is 2. The minimum atomic E-state index is 0.0615. The fraction of sp³-hybridized carbons (Fsp3) is 0.778. The van der Waals surface area contributed by atoms with Crippen molar-refractivity contribution in [3.8, 4) is 0 Å². The average Bonchev–Trinajstić information content (AvgIpc) is 2.20. The van der Waals surface area contributed by atoms with Gasteiger partial charge in [-0.2, -0.15) is 11.8 Å². The predicted molar refractivity (Wildman–Crippen MR) is 59.3 cm³/mol. The zero-order chi connectivity index (χ0) is 10.6. The number of amides is 1. The van der Waals surface area contributed by atoms with Gasteiger partial charge in [0, 0.05) is 25.9 Å². The molecule has 0 aliphatic carbocycles. The van der Waals surface area contributed by atoms with E-state index >= 15 is 0 Å². The van der Waals surface area contributed by atoms with Crippen LogP contribution in [0.1, 0.15) is 19.3 Å². The number of hydrogen-bond acceptors (Lipinski definition) is 4. The lowest BCUT2D eigenvalue weighted by atomic mass is 10.3. The van der Waals surface area contributed by atoms with Crippen LogP contribution in [0.5, 0.6) is 0 Å². The van der Waals surface area contributed by atoms with E-state index < -0.39 is 0 Å². The minimum Gasteiger partial charge on any atom is -0.355 e. The van der Waals surface area contributed by atoms with Gasteiger partial charge in [-0.3, -0.25) is 4.79 Å². The smallest absolute Gasteiger partial charge is 0.220 e. The maximum absolute atomic E-state index is 11.1. The van der Waals surface area contributed by atoms with E-state index in [9.17, 15) is 9.59 Å². The third kappa shape index (κ3) is 9.54. The van der Waals surface area contributed by atoms with Gasteiger partial charge in [0.15, 0.2) is 0 Å². The number of carbonyl (C=O) groups is 2. The van der Waals surface area contributed by atoms with Crippen LogP contribution >= 0.6 is 11.8 Å². The van der Waals surface area contributed by atoms with E-state index in [2.05, 4.69) is 5.32 Å². The van der Waals surface area contributed by atoms with Gasteiger partial charge in [0.25, 0.3) is 0 Å². The predicted octanol–water partition coefficient (Wildman–Crippen LogP) is 0.164. The number of nitrogens with one attached hydrogen (secondary N) is 1. The second kappa shape index (κ2) is 10.5. The number of nitrogens with two attached hydrogens (primary N) is 1. The van der Waals surface area contributed by atoms with Crippen LogP contribution in [0, 0.1) is 0 Å². The van der Waals surface area contributed by atoms with Crippen molar-refractivity contribution in [3.05, 3.63) is 0 Å². The van der Waals surface area contributed by atoms with Crippen molar-refractivity contribution < 1.29 is 9.59 Å². The lowest BCUT2D eigenvalue weighted by Crippen LogP contribution is -2.28. The van der Waals surface area contributed by atoms with Crippen molar-refractivity contribution >= 4 is 24.0 Å². The fourth-order valence-corrected chi connectivity index (χ4v) is 1.68. The average molecular weight is 218 g/mol. The summed E-state index contributed by atoms with van der Waals surface area (Å²) in [5.41, 5.74) is 5.23. The highest BCUT2D eigenvalue weighted by atomic mass is 32.2. The summed E-state index contributed by atoms with van der Waals surface area (Å²) < 4.78 is 0. The Balaban J connectivity index is 3.10. The molecule has 1 amide bonds. The molecule has 0 rings (SSSR count). The van der Waals surface area contributed by atoms with Crippen LogP contribution in [0.3, 0.4) is 0 Å². The lowest BCUT2D eigenvalue weighted by Gasteiger charge is -2.02. The molecule has 0 heterocycles. The van der Waals surface area contributed by atoms with E-state index in [1.165, 1.54) is 0 Å². The summed E-state index contributed by atoms with van der Waals surface area (Å²) in [6, 6.07) is 0. The molecule has 0 unspecified atom stereocenters. The highest BCUT2D eigenvalue weighted by Gasteiger charge is 1.98. The molecule has 0 bridgehead atoms. The molecule has 0 aromatic heterocycles. The van der Waals surface area contributed by atoms with Crippen LogP contribution in [-0.2, 0) is 9.59 Å². The van der Waals surface area contributed by atoms with Crippen molar-refractivity contribution in [3.63, 3.8) is 0 Å². The van der Waals surface area contributed by atoms with Gasteiger partial charge in [-0.05, 0) is 17.9 Å². The summed E-state index contributed by atoms with van der Waals surface area (Å²) >= 11 is 1.71. The fourth-order valence-electron chi connectivity index (χ4n) is 0.868. The Hall–Kier alpha value is -0.550. The Bertz CT molecular complexity index is 165. The Labute approximate surface area is 89.0 Å². The quantitative estimate of drug-likeness (QED) is 0.427. The van der Waals surface area contributed by atoms with Gasteiger partial charge in [0.1, 0.15) is 6.29 Å². The van der Waals surface area contributed by atoms with E-state index in [1.807, 2.05) is 0 Å². The monoisotopic (exact) mass is 218 g/mol. The normalized spacial score (nSPS) is 9.79. The van der Waals surface area contributed by atoms with Gasteiger partial charge in [0.05, 0.1) is 0 Å². The molecule has 3 N–H and O–H groups in total. The van der Waals surface area contributed by atoms with E-state index in [1.54, 1.807) is 11.8 Å². The highest BCUT2D eigenvalue weighted by Crippen LogP contribution is 2.05. The minimum absolute atomic E-state index is 0.0615. The molecule has 0 fully saturated rings. The summed E-state index contributed by atoms with van der Waals surface area (Å²) in [5.74, 6) is 1.85. The first kappa shape index (κ1) is 13.4. The van der Waals surface area contributed by atoms with Crippen LogP contribution < -0.4 is 11.1 Å². The van der Waals surface area contributed by atoms with E-state index in [-0.39, 0.29) is 5.91 Å². The summed E-state index contributed by atoms with van der Waals surface area (Å²) in [6.07, 6.45) is 2.93. The Morgan fingerprint density at radius 1 is 1.43 bits per heavy atom. The largest absolute Gasteiger partial charge is 0.355 e. The standard InChI is InChI=1S/C9H18N2O2S/c10-4-5-11-9(13)3-1-7-14-8-2-6-12/h6H,1-5,7-8,10H2,(H,11,13). The molecule has 0 aliphatic heterocycles. The van der Waals surface area contributed by atoms with Crippen molar-refractivity contribution in [2.75, 3.05) is 24.6 Å². The topological polar surface area (TPSA) is 72.2 Å². The van der Waals surface area contributed by atoms with Gasteiger partial charge in [-0.15, -0.1) is 0 Å². The molecule has 82 valence electrons. The van der Waals surface area contributed by atoms with Crippen LogP contribution in [0.15, 0.2) is 0 Å². The van der Waals surface area contributed by atoms with Crippen LogP contribution in [0.25, 0.3) is 0 Å². The van der Waals surface area contributed by atoms with Crippen LogP contribution in [0.4, 0.5) is 0 Å². The van der Waals surface area contributed by atoms with Crippen LogP contribution in [0.2, 0.25) is 0 Å². The summed E-state index contributed by atoms with van der Waals surface area (Å²) in [7, 11) is 0. The van der Waals surface area contributed by atoms with Gasteiger partial charge in [-0.25, -0.2) is 0 Å². The van der Waals surface area contributed by atoms with Crippen molar-refractivity contribution in [1.29, 1.82) is 0 Å². The molecular weight excluding hydrogens is 200 g/mol. The van der Waals surface area contributed by atoms with Crippen molar-refractivity contribution in [1.82, 2.24) is 5.32 Å². The molecule has 5 heteroatoms. The lowest BCUT2D eigenvalue weighted by molar-refractivity contribution is -0.121. The third-order valence-electron chi connectivity index (χ3n) is 1.54. The molecule has 0 spiro atoms. The summed E-state index contributed by atoms with van der Waals surface area (Å²) in [6.45, 7) is 1.04.